The van der Waals surface area contributed by atoms with Crippen LogP contribution in [0.4, 0.5) is 11.8 Å². The monoisotopic (exact) mass is 313 g/mol. The van der Waals surface area contributed by atoms with Crippen molar-refractivity contribution in [1.82, 2.24) is 9.97 Å². The van der Waals surface area contributed by atoms with E-state index >= 15 is 0 Å². The molecule has 2 aromatic rings. The van der Waals surface area contributed by atoms with Crippen molar-refractivity contribution in [1.29, 1.82) is 0 Å². The fraction of sp³-hybridized carbons (Fsp3) is 0.412. The number of benzene rings is 1. The number of nitrogens with zero attached hydrogens (tertiary/aromatic N) is 3. The molecular formula is C17H23N5O. The summed E-state index contributed by atoms with van der Waals surface area (Å²) in [4.78, 5) is 10.8. The Morgan fingerprint density at radius 3 is 2.52 bits per heavy atom. The Bertz CT molecular complexity index is 667. The molecular weight excluding hydrogens is 290 g/mol. The average Bonchev–Trinajstić information content (AvgIpc) is 2.52. The van der Waals surface area contributed by atoms with Gasteiger partial charge in [0.15, 0.2) is 0 Å². The Morgan fingerprint density at radius 1 is 1.22 bits per heavy atom. The van der Waals surface area contributed by atoms with E-state index in [0.717, 1.165) is 36.6 Å². The molecule has 1 fully saturated rings. The molecule has 1 saturated carbocycles. The van der Waals surface area contributed by atoms with Crippen molar-refractivity contribution in [3.05, 3.63) is 41.6 Å². The van der Waals surface area contributed by atoms with Gasteiger partial charge < -0.3 is 21.1 Å². The first kappa shape index (κ1) is 15.6. The third kappa shape index (κ3) is 3.53. The molecule has 1 aromatic carbocycles. The van der Waals surface area contributed by atoms with Crippen molar-refractivity contribution >= 4 is 11.8 Å². The van der Waals surface area contributed by atoms with Crippen LogP contribution in [0.15, 0.2) is 30.3 Å². The van der Waals surface area contributed by atoms with Crippen molar-refractivity contribution in [3.63, 3.8) is 0 Å². The molecule has 1 aromatic heterocycles. The molecule has 6 nitrogen and oxygen atoms in total. The van der Waals surface area contributed by atoms with E-state index < -0.39 is 0 Å². The molecule has 0 spiro atoms. The second-order valence-electron chi connectivity index (χ2n) is 6.14. The Kier molecular flexibility index (Phi) is 4.34. The smallest absolute Gasteiger partial charge is 0.222 e. The molecule has 0 bridgehead atoms. The molecule has 1 heterocycles. The van der Waals surface area contributed by atoms with Crippen molar-refractivity contribution < 1.29 is 4.74 Å². The third-order valence-corrected chi connectivity index (χ3v) is 4.31. The maximum atomic E-state index is 5.88. The van der Waals surface area contributed by atoms with Gasteiger partial charge in [0.2, 0.25) is 5.95 Å². The van der Waals surface area contributed by atoms with Gasteiger partial charge in [-0.05, 0) is 30.5 Å². The standard InChI is InChI=1S/C17H23N5O/c1-22(10-11-3-5-14(23-2)6-4-11)16-9-15(20-17(19)21-16)12-7-13(18)8-12/h3-6,9,12-13H,7-8,10,18H2,1-2H3,(H2,19,20,21). The summed E-state index contributed by atoms with van der Waals surface area (Å²) in [6.45, 7) is 0.740. The predicted octanol–water partition coefficient (Wildman–Crippen LogP) is 1.91. The highest BCUT2D eigenvalue weighted by Gasteiger charge is 2.29. The van der Waals surface area contributed by atoms with Crippen LogP contribution in [0.25, 0.3) is 0 Å². The lowest BCUT2D eigenvalue weighted by Crippen LogP contribution is -2.35. The molecule has 1 aliphatic rings. The van der Waals surface area contributed by atoms with Crippen LogP contribution >= 0.6 is 0 Å². The Balaban J connectivity index is 1.74. The van der Waals surface area contributed by atoms with Crippen LogP contribution in [-0.4, -0.2) is 30.2 Å². The summed E-state index contributed by atoms with van der Waals surface area (Å²) >= 11 is 0. The number of ether oxygens (including phenoxy) is 1. The number of anilines is 2. The van der Waals surface area contributed by atoms with Crippen LogP contribution < -0.4 is 21.1 Å². The first-order chi connectivity index (χ1) is 11.0. The number of hydrogen-bond donors (Lipinski definition) is 2. The zero-order chi connectivity index (χ0) is 16.4. The normalized spacial score (nSPS) is 20.0. The van der Waals surface area contributed by atoms with Crippen molar-refractivity contribution in [2.24, 2.45) is 5.73 Å². The van der Waals surface area contributed by atoms with Gasteiger partial charge in [-0.2, -0.15) is 4.98 Å². The van der Waals surface area contributed by atoms with E-state index in [1.54, 1.807) is 7.11 Å². The molecule has 4 N–H and O–H groups in total. The van der Waals surface area contributed by atoms with Crippen LogP contribution in [0.2, 0.25) is 0 Å². The molecule has 6 heteroatoms. The number of hydrogen-bond acceptors (Lipinski definition) is 6. The van der Waals surface area contributed by atoms with Gasteiger partial charge in [-0.1, -0.05) is 12.1 Å². The van der Waals surface area contributed by atoms with Gasteiger partial charge in [0.25, 0.3) is 0 Å². The van der Waals surface area contributed by atoms with Gasteiger partial charge in [0.1, 0.15) is 11.6 Å². The molecule has 1 aliphatic carbocycles. The summed E-state index contributed by atoms with van der Waals surface area (Å²) in [6.07, 6.45) is 1.94. The van der Waals surface area contributed by atoms with Crippen LogP contribution in [0.1, 0.15) is 30.0 Å². The first-order valence-electron chi connectivity index (χ1n) is 7.79. The van der Waals surface area contributed by atoms with Crippen LogP contribution in [0.5, 0.6) is 5.75 Å². The van der Waals surface area contributed by atoms with Crippen molar-refractivity contribution in [2.45, 2.75) is 31.3 Å². The van der Waals surface area contributed by atoms with Crippen LogP contribution in [-0.2, 0) is 6.54 Å². The lowest BCUT2D eigenvalue weighted by molar-refractivity contribution is 0.345. The molecule has 0 aliphatic heterocycles. The topological polar surface area (TPSA) is 90.3 Å². The summed E-state index contributed by atoms with van der Waals surface area (Å²) in [5.41, 5.74) is 13.9. The minimum Gasteiger partial charge on any atom is -0.497 e. The molecule has 0 radical (unpaired) electrons. The molecule has 0 saturated heterocycles. The van der Waals surface area contributed by atoms with E-state index in [9.17, 15) is 0 Å². The highest BCUT2D eigenvalue weighted by Crippen LogP contribution is 2.35. The summed E-state index contributed by atoms with van der Waals surface area (Å²) < 4.78 is 5.18. The number of nitrogen functional groups attached to an aromatic ring is 1. The summed E-state index contributed by atoms with van der Waals surface area (Å²) in [5, 5.41) is 0. The van der Waals surface area contributed by atoms with Gasteiger partial charge >= 0.3 is 0 Å². The summed E-state index contributed by atoms with van der Waals surface area (Å²) in [6, 6.07) is 10.3. The Morgan fingerprint density at radius 2 is 1.91 bits per heavy atom. The van der Waals surface area contributed by atoms with Gasteiger partial charge in [-0.15, -0.1) is 0 Å². The quantitative estimate of drug-likeness (QED) is 0.876. The Hall–Kier alpha value is -2.34. The lowest BCUT2D eigenvalue weighted by atomic mass is 9.78. The number of methoxy groups -OCH3 is 1. The van der Waals surface area contributed by atoms with Gasteiger partial charge in [0.05, 0.1) is 12.8 Å². The van der Waals surface area contributed by atoms with Crippen LogP contribution in [0, 0.1) is 0 Å². The SMILES string of the molecule is COc1ccc(CN(C)c2cc(C3CC(N)C3)nc(N)n2)cc1. The highest BCUT2D eigenvalue weighted by atomic mass is 16.5. The van der Waals surface area contributed by atoms with E-state index in [-0.39, 0.29) is 6.04 Å². The van der Waals surface area contributed by atoms with E-state index in [2.05, 4.69) is 14.9 Å². The van der Waals surface area contributed by atoms with E-state index in [0.29, 0.717) is 11.9 Å². The van der Waals surface area contributed by atoms with E-state index in [4.69, 9.17) is 16.2 Å². The minimum atomic E-state index is 0.289. The zero-order valence-electron chi connectivity index (χ0n) is 13.6. The van der Waals surface area contributed by atoms with Crippen LogP contribution in [0.3, 0.4) is 0 Å². The molecule has 122 valence electrons. The number of aromatic nitrogens is 2. The van der Waals surface area contributed by atoms with Gasteiger partial charge in [-0.25, -0.2) is 4.98 Å². The molecule has 23 heavy (non-hydrogen) atoms. The fourth-order valence-electron chi connectivity index (χ4n) is 2.87. The molecule has 0 amide bonds. The lowest BCUT2D eigenvalue weighted by Gasteiger charge is -2.32. The second-order valence-corrected chi connectivity index (χ2v) is 6.14. The third-order valence-electron chi connectivity index (χ3n) is 4.31. The molecule has 0 unspecified atom stereocenters. The predicted molar refractivity (Wildman–Crippen MR) is 91.5 cm³/mol. The maximum Gasteiger partial charge on any atom is 0.222 e. The van der Waals surface area contributed by atoms with E-state index in [1.165, 1.54) is 5.56 Å². The molecule has 0 atom stereocenters. The van der Waals surface area contributed by atoms with Gasteiger partial charge in [0, 0.05) is 31.6 Å². The largest absolute Gasteiger partial charge is 0.497 e. The number of rotatable bonds is 5. The average molecular weight is 313 g/mol. The Labute approximate surface area is 136 Å². The fourth-order valence-corrected chi connectivity index (χ4v) is 2.87. The highest BCUT2D eigenvalue weighted by molar-refractivity contribution is 5.45. The minimum absolute atomic E-state index is 0.289. The van der Waals surface area contributed by atoms with Crippen molar-refractivity contribution in [3.8, 4) is 5.75 Å². The molecule has 3 rings (SSSR count). The number of nitrogens with two attached hydrogens (primary N) is 2. The second kappa shape index (κ2) is 6.42. The first-order valence-corrected chi connectivity index (χ1v) is 7.79. The van der Waals surface area contributed by atoms with E-state index in [1.807, 2.05) is 37.4 Å². The summed E-state index contributed by atoms with van der Waals surface area (Å²) in [5.74, 6) is 2.41. The zero-order valence-corrected chi connectivity index (χ0v) is 13.6. The van der Waals surface area contributed by atoms with Gasteiger partial charge in [-0.3, -0.25) is 0 Å². The summed E-state index contributed by atoms with van der Waals surface area (Å²) in [7, 11) is 3.67. The maximum absolute atomic E-state index is 5.88. The van der Waals surface area contributed by atoms with Crippen molar-refractivity contribution in [2.75, 3.05) is 24.8 Å².